The van der Waals surface area contributed by atoms with Crippen LogP contribution >= 0.6 is 0 Å². The first kappa shape index (κ1) is 6.49. The van der Waals surface area contributed by atoms with Crippen LogP contribution in [0.4, 0.5) is 0 Å². The zero-order valence-corrected chi connectivity index (χ0v) is 5.37. The molecule has 1 aliphatic rings. The van der Waals surface area contributed by atoms with Crippen LogP contribution < -0.4 is 0 Å². The Bertz CT molecular complexity index is 149. The molecule has 0 unspecified atom stereocenters. The SMILES string of the molecule is C[C@@H]1C=C(C=O)C[C@@H]1O. The fourth-order valence-electron chi connectivity index (χ4n) is 1.03. The van der Waals surface area contributed by atoms with Crippen LogP contribution in [-0.2, 0) is 4.79 Å². The molecule has 1 N–H and O–H groups in total. The van der Waals surface area contributed by atoms with Crippen molar-refractivity contribution in [2.45, 2.75) is 19.4 Å². The van der Waals surface area contributed by atoms with E-state index in [-0.39, 0.29) is 12.0 Å². The standard InChI is InChI=1S/C7H10O2/c1-5-2-6(4-8)3-7(5)9/h2,4-5,7,9H,3H2,1H3/t5-,7+/m1/s1. The first-order chi connectivity index (χ1) is 4.24. The molecule has 0 aromatic rings. The van der Waals surface area contributed by atoms with Crippen LogP contribution in [0.1, 0.15) is 13.3 Å². The van der Waals surface area contributed by atoms with E-state index in [1.54, 1.807) is 0 Å². The maximum Gasteiger partial charge on any atom is 0.145 e. The van der Waals surface area contributed by atoms with E-state index >= 15 is 0 Å². The zero-order chi connectivity index (χ0) is 6.85. The van der Waals surface area contributed by atoms with Crippen molar-refractivity contribution in [1.29, 1.82) is 0 Å². The first-order valence-electron chi connectivity index (χ1n) is 3.08. The van der Waals surface area contributed by atoms with E-state index in [2.05, 4.69) is 0 Å². The molecule has 50 valence electrons. The summed E-state index contributed by atoms with van der Waals surface area (Å²) < 4.78 is 0. The third kappa shape index (κ3) is 1.19. The minimum absolute atomic E-state index is 0.158. The second-order valence-electron chi connectivity index (χ2n) is 2.49. The summed E-state index contributed by atoms with van der Waals surface area (Å²) in [5.41, 5.74) is 0.731. The summed E-state index contributed by atoms with van der Waals surface area (Å²) in [6, 6.07) is 0. The van der Waals surface area contributed by atoms with Crippen molar-refractivity contribution < 1.29 is 9.90 Å². The molecule has 0 heterocycles. The number of carbonyl (C=O) groups excluding carboxylic acids is 1. The average Bonchev–Trinajstić information content (AvgIpc) is 2.13. The highest BCUT2D eigenvalue weighted by atomic mass is 16.3. The highest BCUT2D eigenvalue weighted by Crippen LogP contribution is 2.22. The number of rotatable bonds is 1. The predicted octanol–water partition coefficient (Wildman–Crippen LogP) is 0.512. The van der Waals surface area contributed by atoms with Gasteiger partial charge in [0.15, 0.2) is 0 Å². The molecular formula is C7H10O2. The van der Waals surface area contributed by atoms with Gasteiger partial charge in [-0.2, -0.15) is 0 Å². The van der Waals surface area contributed by atoms with Crippen molar-refractivity contribution in [1.82, 2.24) is 0 Å². The highest BCUT2D eigenvalue weighted by Gasteiger charge is 2.20. The topological polar surface area (TPSA) is 37.3 Å². The number of hydrogen-bond donors (Lipinski definition) is 1. The summed E-state index contributed by atoms with van der Waals surface area (Å²) in [5, 5.41) is 9.09. The Kier molecular flexibility index (Phi) is 1.67. The van der Waals surface area contributed by atoms with Gasteiger partial charge in [-0.1, -0.05) is 13.0 Å². The van der Waals surface area contributed by atoms with Gasteiger partial charge in [0.1, 0.15) is 6.29 Å². The molecule has 2 atom stereocenters. The zero-order valence-electron chi connectivity index (χ0n) is 5.37. The van der Waals surface area contributed by atoms with Crippen molar-refractivity contribution in [2.24, 2.45) is 5.92 Å². The number of aliphatic hydroxyl groups is 1. The Hall–Kier alpha value is -0.630. The largest absolute Gasteiger partial charge is 0.392 e. The van der Waals surface area contributed by atoms with E-state index < -0.39 is 0 Å². The molecule has 2 nitrogen and oxygen atoms in total. The minimum atomic E-state index is -0.329. The van der Waals surface area contributed by atoms with E-state index in [4.69, 9.17) is 5.11 Å². The summed E-state index contributed by atoms with van der Waals surface area (Å²) in [7, 11) is 0. The maximum absolute atomic E-state index is 10.1. The Morgan fingerprint density at radius 1 is 1.89 bits per heavy atom. The van der Waals surface area contributed by atoms with Crippen LogP contribution in [0, 0.1) is 5.92 Å². The molecule has 0 fully saturated rings. The molecule has 0 spiro atoms. The molecule has 0 aromatic heterocycles. The quantitative estimate of drug-likeness (QED) is 0.520. The lowest BCUT2D eigenvalue weighted by atomic mass is 10.1. The molecule has 0 radical (unpaired) electrons. The number of carbonyl (C=O) groups is 1. The first-order valence-corrected chi connectivity index (χ1v) is 3.08. The predicted molar refractivity (Wildman–Crippen MR) is 33.9 cm³/mol. The van der Waals surface area contributed by atoms with Gasteiger partial charge >= 0.3 is 0 Å². The van der Waals surface area contributed by atoms with Gasteiger partial charge in [-0.15, -0.1) is 0 Å². The minimum Gasteiger partial charge on any atom is -0.392 e. The molecule has 0 saturated heterocycles. The third-order valence-corrected chi connectivity index (χ3v) is 1.68. The van der Waals surface area contributed by atoms with Gasteiger partial charge in [0.25, 0.3) is 0 Å². The molecular weight excluding hydrogens is 116 g/mol. The van der Waals surface area contributed by atoms with Crippen LogP contribution in [0.2, 0.25) is 0 Å². The van der Waals surface area contributed by atoms with Gasteiger partial charge in [-0.05, 0) is 5.57 Å². The molecule has 0 saturated carbocycles. The Labute approximate surface area is 54.2 Å². The summed E-state index contributed by atoms with van der Waals surface area (Å²) >= 11 is 0. The fourth-order valence-corrected chi connectivity index (χ4v) is 1.03. The molecule has 1 aliphatic carbocycles. The monoisotopic (exact) mass is 126 g/mol. The molecule has 2 heteroatoms. The normalized spacial score (nSPS) is 34.2. The second kappa shape index (κ2) is 2.31. The van der Waals surface area contributed by atoms with Gasteiger partial charge < -0.3 is 5.11 Å². The van der Waals surface area contributed by atoms with Crippen LogP contribution in [0.3, 0.4) is 0 Å². The number of aldehydes is 1. The number of aliphatic hydroxyl groups excluding tert-OH is 1. The smallest absolute Gasteiger partial charge is 0.145 e. The Morgan fingerprint density at radius 3 is 2.78 bits per heavy atom. The van der Waals surface area contributed by atoms with Crippen LogP contribution in [-0.4, -0.2) is 17.5 Å². The molecule has 0 aromatic carbocycles. The maximum atomic E-state index is 10.1. The van der Waals surface area contributed by atoms with E-state index in [1.165, 1.54) is 0 Å². The van der Waals surface area contributed by atoms with Crippen molar-refractivity contribution in [3.8, 4) is 0 Å². The molecule has 0 amide bonds. The summed E-state index contributed by atoms with van der Waals surface area (Å²) in [5.74, 6) is 0.158. The molecule has 0 bridgehead atoms. The summed E-state index contributed by atoms with van der Waals surface area (Å²) in [4.78, 5) is 10.1. The lowest BCUT2D eigenvalue weighted by molar-refractivity contribution is -0.105. The lowest BCUT2D eigenvalue weighted by Crippen LogP contribution is -2.09. The van der Waals surface area contributed by atoms with E-state index in [9.17, 15) is 4.79 Å². The number of hydrogen-bond acceptors (Lipinski definition) is 2. The van der Waals surface area contributed by atoms with E-state index in [1.807, 2.05) is 13.0 Å². The van der Waals surface area contributed by atoms with Crippen molar-refractivity contribution in [2.75, 3.05) is 0 Å². The molecule has 0 aliphatic heterocycles. The van der Waals surface area contributed by atoms with Gasteiger partial charge in [-0.3, -0.25) is 4.79 Å². The van der Waals surface area contributed by atoms with Crippen molar-refractivity contribution >= 4 is 6.29 Å². The van der Waals surface area contributed by atoms with E-state index in [0.717, 1.165) is 11.9 Å². The Balaban J connectivity index is 2.62. The van der Waals surface area contributed by atoms with Crippen LogP contribution in [0.5, 0.6) is 0 Å². The van der Waals surface area contributed by atoms with Gasteiger partial charge in [0, 0.05) is 12.3 Å². The lowest BCUT2D eigenvalue weighted by Gasteiger charge is -2.04. The van der Waals surface area contributed by atoms with Crippen LogP contribution in [0.25, 0.3) is 0 Å². The highest BCUT2D eigenvalue weighted by molar-refractivity contribution is 5.74. The average molecular weight is 126 g/mol. The summed E-state index contributed by atoms with van der Waals surface area (Å²) in [6.07, 6.45) is 2.83. The van der Waals surface area contributed by atoms with Gasteiger partial charge in [0.05, 0.1) is 6.10 Å². The van der Waals surface area contributed by atoms with Crippen molar-refractivity contribution in [3.05, 3.63) is 11.6 Å². The molecule has 1 rings (SSSR count). The van der Waals surface area contributed by atoms with Gasteiger partial charge in [-0.25, -0.2) is 0 Å². The Morgan fingerprint density at radius 2 is 2.56 bits per heavy atom. The fraction of sp³-hybridized carbons (Fsp3) is 0.571. The summed E-state index contributed by atoms with van der Waals surface area (Å²) in [6.45, 7) is 1.90. The molecule has 9 heavy (non-hydrogen) atoms. The third-order valence-electron chi connectivity index (χ3n) is 1.68. The van der Waals surface area contributed by atoms with E-state index in [0.29, 0.717) is 6.42 Å². The second-order valence-corrected chi connectivity index (χ2v) is 2.49. The van der Waals surface area contributed by atoms with Gasteiger partial charge in [0.2, 0.25) is 0 Å². The van der Waals surface area contributed by atoms with Crippen LogP contribution in [0.15, 0.2) is 11.6 Å². The van der Waals surface area contributed by atoms with Crippen molar-refractivity contribution in [3.63, 3.8) is 0 Å².